The number of pyridine rings is 1. The molecule has 26 heavy (non-hydrogen) atoms. The molecule has 3 heterocycles. The molecule has 0 atom stereocenters. The number of hydrogen-bond donors (Lipinski definition) is 1. The molecule has 0 saturated carbocycles. The van der Waals surface area contributed by atoms with Gasteiger partial charge in [-0.25, -0.2) is 0 Å². The van der Waals surface area contributed by atoms with Gasteiger partial charge in [-0.2, -0.15) is 0 Å². The number of hydrogen-bond acceptors (Lipinski definition) is 5. The van der Waals surface area contributed by atoms with Crippen LogP contribution in [-0.4, -0.2) is 32.2 Å². The van der Waals surface area contributed by atoms with E-state index in [1.165, 1.54) is 0 Å². The van der Waals surface area contributed by atoms with Crippen LogP contribution < -0.4 is 5.32 Å². The van der Waals surface area contributed by atoms with Crippen LogP contribution in [0, 0.1) is 6.92 Å². The lowest BCUT2D eigenvalue weighted by Crippen LogP contribution is -2.27. The number of aromatic nitrogens is 4. The molecular weight excluding hydrogens is 330 g/mol. The highest BCUT2D eigenvalue weighted by atomic mass is 16.5. The average molecular weight is 347 g/mol. The summed E-state index contributed by atoms with van der Waals surface area (Å²) < 4.78 is 7.15. The van der Waals surface area contributed by atoms with Gasteiger partial charge in [-0.15, -0.1) is 10.2 Å². The molecular formula is C19H17N5O2. The zero-order chi connectivity index (χ0) is 17.9. The number of benzene rings is 1. The molecule has 0 aliphatic heterocycles. The number of carbonyl (C=O) groups excluding carboxylic acids is 1. The number of aryl methyl sites for hydroxylation is 1. The van der Waals surface area contributed by atoms with E-state index in [1.807, 2.05) is 59.1 Å². The topological polar surface area (TPSA) is 85.3 Å². The molecule has 0 aliphatic rings. The number of nitrogens with zero attached hydrogens (tertiary/aromatic N) is 4. The van der Waals surface area contributed by atoms with Crippen LogP contribution in [0.1, 0.15) is 21.9 Å². The minimum atomic E-state index is -0.212. The van der Waals surface area contributed by atoms with Crippen molar-refractivity contribution in [2.24, 2.45) is 0 Å². The third-order valence-corrected chi connectivity index (χ3v) is 4.16. The largest absolute Gasteiger partial charge is 0.360 e. The first-order chi connectivity index (χ1) is 12.7. The number of rotatable bonds is 5. The molecule has 0 spiro atoms. The minimum absolute atomic E-state index is 0.212. The highest BCUT2D eigenvalue weighted by Gasteiger charge is 2.21. The first-order valence-corrected chi connectivity index (χ1v) is 8.32. The van der Waals surface area contributed by atoms with Crippen LogP contribution >= 0.6 is 0 Å². The summed E-state index contributed by atoms with van der Waals surface area (Å²) in [6, 6.07) is 15.2. The van der Waals surface area contributed by atoms with Gasteiger partial charge in [0.2, 0.25) is 0 Å². The molecule has 0 unspecified atom stereocenters. The van der Waals surface area contributed by atoms with E-state index in [-0.39, 0.29) is 5.91 Å². The Bertz CT molecular complexity index is 1050. The SMILES string of the molecule is Cc1onc(-c2ccccc2)c1C(=O)NCCc1nnc2ccccn12. The Morgan fingerprint density at radius 2 is 1.92 bits per heavy atom. The van der Waals surface area contributed by atoms with Crippen LogP contribution in [0.15, 0.2) is 59.3 Å². The van der Waals surface area contributed by atoms with Crippen LogP contribution in [0.5, 0.6) is 0 Å². The van der Waals surface area contributed by atoms with Crippen LogP contribution in [-0.2, 0) is 6.42 Å². The fourth-order valence-corrected chi connectivity index (χ4v) is 2.87. The predicted octanol–water partition coefficient (Wildman–Crippen LogP) is 2.67. The fourth-order valence-electron chi connectivity index (χ4n) is 2.87. The Balaban J connectivity index is 1.48. The second kappa shape index (κ2) is 6.79. The fraction of sp³-hybridized carbons (Fsp3) is 0.158. The molecule has 4 rings (SSSR count). The summed E-state index contributed by atoms with van der Waals surface area (Å²) in [7, 11) is 0. The molecule has 3 aromatic heterocycles. The summed E-state index contributed by atoms with van der Waals surface area (Å²) in [6.07, 6.45) is 2.48. The first-order valence-electron chi connectivity index (χ1n) is 8.32. The number of nitrogens with one attached hydrogen (secondary N) is 1. The normalized spacial score (nSPS) is 11.0. The summed E-state index contributed by atoms with van der Waals surface area (Å²) in [5.74, 6) is 1.08. The van der Waals surface area contributed by atoms with E-state index in [1.54, 1.807) is 6.92 Å². The third-order valence-electron chi connectivity index (χ3n) is 4.16. The number of carbonyl (C=O) groups is 1. The van der Waals surface area contributed by atoms with Gasteiger partial charge in [0, 0.05) is 24.7 Å². The minimum Gasteiger partial charge on any atom is -0.360 e. The van der Waals surface area contributed by atoms with E-state index in [4.69, 9.17) is 4.52 Å². The van der Waals surface area contributed by atoms with E-state index < -0.39 is 0 Å². The van der Waals surface area contributed by atoms with Crippen molar-refractivity contribution in [1.29, 1.82) is 0 Å². The van der Waals surface area contributed by atoms with Crippen molar-refractivity contribution in [1.82, 2.24) is 25.1 Å². The quantitative estimate of drug-likeness (QED) is 0.600. The molecule has 4 aromatic rings. The second-order valence-electron chi connectivity index (χ2n) is 5.88. The molecule has 7 nitrogen and oxygen atoms in total. The monoisotopic (exact) mass is 347 g/mol. The second-order valence-corrected chi connectivity index (χ2v) is 5.88. The van der Waals surface area contributed by atoms with Gasteiger partial charge in [0.1, 0.15) is 22.8 Å². The van der Waals surface area contributed by atoms with E-state index in [2.05, 4.69) is 20.7 Å². The molecule has 0 fully saturated rings. The summed E-state index contributed by atoms with van der Waals surface area (Å²) in [4.78, 5) is 12.7. The molecule has 0 saturated heterocycles. The van der Waals surface area contributed by atoms with Crippen LogP contribution in [0.3, 0.4) is 0 Å². The zero-order valence-corrected chi connectivity index (χ0v) is 14.2. The summed E-state index contributed by atoms with van der Waals surface area (Å²) >= 11 is 0. The highest BCUT2D eigenvalue weighted by molar-refractivity contribution is 6.00. The lowest BCUT2D eigenvalue weighted by molar-refractivity contribution is 0.0953. The van der Waals surface area contributed by atoms with Gasteiger partial charge in [0.05, 0.1) is 0 Å². The van der Waals surface area contributed by atoms with E-state index in [0.717, 1.165) is 17.0 Å². The smallest absolute Gasteiger partial charge is 0.257 e. The van der Waals surface area contributed by atoms with Crippen molar-refractivity contribution in [2.75, 3.05) is 6.54 Å². The standard InChI is InChI=1S/C19H17N5O2/c1-13-17(18(23-26-13)14-7-3-2-4-8-14)19(25)20-11-10-16-22-21-15-9-5-6-12-24(15)16/h2-9,12H,10-11H2,1H3,(H,20,25). The highest BCUT2D eigenvalue weighted by Crippen LogP contribution is 2.24. The molecule has 1 N–H and O–H groups in total. The molecule has 130 valence electrons. The van der Waals surface area contributed by atoms with Crippen molar-refractivity contribution < 1.29 is 9.32 Å². The van der Waals surface area contributed by atoms with Gasteiger partial charge < -0.3 is 9.84 Å². The van der Waals surface area contributed by atoms with E-state index in [9.17, 15) is 4.79 Å². The molecule has 0 radical (unpaired) electrons. The Kier molecular flexibility index (Phi) is 4.18. The first kappa shape index (κ1) is 16.0. The van der Waals surface area contributed by atoms with Crippen molar-refractivity contribution in [3.05, 3.63) is 71.9 Å². The zero-order valence-electron chi connectivity index (χ0n) is 14.2. The predicted molar refractivity (Wildman–Crippen MR) is 95.7 cm³/mol. The molecule has 1 aromatic carbocycles. The average Bonchev–Trinajstić information content (AvgIpc) is 3.26. The van der Waals surface area contributed by atoms with Gasteiger partial charge in [-0.05, 0) is 19.1 Å². The van der Waals surface area contributed by atoms with Crippen LogP contribution in [0.2, 0.25) is 0 Å². The summed E-state index contributed by atoms with van der Waals surface area (Å²) in [5, 5.41) is 15.2. The Hall–Kier alpha value is -3.48. The maximum absolute atomic E-state index is 12.7. The van der Waals surface area contributed by atoms with E-state index in [0.29, 0.717) is 30.0 Å². The Morgan fingerprint density at radius 3 is 2.77 bits per heavy atom. The maximum atomic E-state index is 12.7. The van der Waals surface area contributed by atoms with Crippen LogP contribution in [0.25, 0.3) is 16.9 Å². The Morgan fingerprint density at radius 1 is 1.12 bits per heavy atom. The number of amides is 1. The molecule has 0 bridgehead atoms. The maximum Gasteiger partial charge on any atom is 0.257 e. The molecule has 0 aliphatic carbocycles. The molecule has 1 amide bonds. The van der Waals surface area contributed by atoms with E-state index >= 15 is 0 Å². The molecule has 7 heteroatoms. The lowest BCUT2D eigenvalue weighted by atomic mass is 10.1. The van der Waals surface area contributed by atoms with Gasteiger partial charge >= 0.3 is 0 Å². The van der Waals surface area contributed by atoms with Crippen LogP contribution in [0.4, 0.5) is 0 Å². The number of fused-ring (bicyclic) bond motifs is 1. The van der Waals surface area contributed by atoms with Crippen molar-refractivity contribution in [2.45, 2.75) is 13.3 Å². The summed E-state index contributed by atoms with van der Waals surface area (Å²) in [6.45, 7) is 2.17. The van der Waals surface area contributed by atoms with Gasteiger partial charge in [-0.1, -0.05) is 41.6 Å². The van der Waals surface area contributed by atoms with Gasteiger partial charge in [0.25, 0.3) is 5.91 Å². The summed E-state index contributed by atoms with van der Waals surface area (Å²) in [5.41, 5.74) is 2.64. The van der Waals surface area contributed by atoms with Crippen molar-refractivity contribution >= 4 is 11.6 Å². The third kappa shape index (κ3) is 2.95. The van der Waals surface area contributed by atoms with Gasteiger partial charge in [0.15, 0.2) is 5.65 Å². The lowest BCUT2D eigenvalue weighted by Gasteiger charge is -2.05. The Labute approximate surface area is 149 Å². The van der Waals surface area contributed by atoms with Gasteiger partial charge in [-0.3, -0.25) is 9.20 Å². The van der Waals surface area contributed by atoms with Crippen molar-refractivity contribution in [3.63, 3.8) is 0 Å². The van der Waals surface area contributed by atoms with Crippen molar-refractivity contribution in [3.8, 4) is 11.3 Å².